The Morgan fingerprint density at radius 1 is 0.844 bits per heavy atom. The molecule has 0 unspecified atom stereocenters. The van der Waals surface area contributed by atoms with E-state index in [1.807, 2.05) is 30.3 Å². The second-order valence-electron chi connectivity index (χ2n) is 7.38. The SMILES string of the molecule is Cc1nn(-c2ccccc2)c(Cl)c1C(=O)Nc1cccc2c1C(=O)c1ccccc1C2=O. The molecule has 0 bridgehead atoms. The van der Waals surface area contributed by atoms with Gasteiger partial charge in [-0.2, -0.15) is 5.10 Å². The van der Waals surface area contributed by atoms with Crippen LogP contribution in [0, 0.1) is 6.92 Å². The van der Waals surface area contributed by atoms with Crippen LogP contribution in [0.4, 0.5) is 5.69 Å². The van der Waals surface area contributed by atoms with Crippen molar-refractivity contribution in [3.05, 3.63) is 111 Å². The van der Waals surface area contributed by atoms with Crippen molar-refractivity contribution in [3.8, 4) is 5.69 Å². The van der Waals surface area contributed by atoms with Gasteiger partial charge >= 0.3 is 0 Å². The molecule has 5 rings (SSSR count). The summed E-state index contributed by atoms with van der Waals surface area (Å²) in [4.78, 5) is 39.3. The number of para-hydroxylation sites is 1. The van der Waals surface area contributed by atoms with Crippen molar-refractivity contribution >= 4 is 34.8 Å². The minimum absolute atomic E-state index is 0.156. The van der Waals surface area contributed by atoms with Gasteiger partial charge in [0.25, 0.3) is 5.91 Å². The van der Waals surface area contributed by atoms with Crippen LogP contribution < -0.4 is 5.32 Å². The average molecular weight is 442 g/mol. The lowest BCUT2D eigenvalue weighted by Gasteiger charge is -2.20. The van der Waals surface area contributed by atoms with Crippen LogP contribution in [0.2, 0.25) is 5.15 Å². The fourth-order valence-electron chi connectivity index (χ4n) is 3.93. The summed E-state index contributed by atoms with van der Waals surface area (Å²) in [6, 6.07) is 20.7. The number of carbonyl (C=O) groups excluding carboxylic acids is 3. The summed E-state index contributed by atoms with van der Waals surface area (Å²) >= 11 is 6.51. The normalized spacial score (nSPS) is 12.3. The number of nitrogens with zero attached hydrogens (tertiary/aromatic N) is 2. The molecule has 3 aromatic carbocycles. The Hall–Kier alpha value is -4.03. The molecule has 1 heterocycles. The number of nitrogens with one attached hydrogen (secondary N) is 1. The van der Waals surface area contributed by atoms with Crippen LogP contribution in [-0.2, 0) is 0 Å². The summed E-state index contributed by atoms with van der Waals surface area (Å²) in [6.45, 7) is 1.69. The van der Waals surface area contributed by atoms with E-state index in [1.165, 1.54) is 4.68 Å². The van der Waals surface area contributed by atoms with Crippen LogP contribution in [0.15, 0.2) is 72.8 Å². The molecule has 6 nitrogen and oxygen atoms in total. The minimum atomic E-state index is -0.512. The lowest BCUT2D eigenvalue weighted by Crippen LogP contribution is -2.24. The highest BCUT2D eigenvalue weighted by molar-refractivity contribution is 6.34. The molecule has 1 aromatic heterocycles. The minimum Gasteiger partial charge on any atom is -0.321 e. The number of amides is 1. The number of rotatable bonds is 3. The Labute approximate surface area is 188 Å². The van der Waals surface area contributed by atoms with E-state index in [4.69, 9.17) is 11.6 Å². The highest BCUT2D eigenvalue weighted by Crippen LogP contribution is 2.33. The Bertz CT molecular complexity index is 1420. The van der Waals surface area contributed by atoms with Gasteiger partial charge in [-0.1, -0.05) is 66.2 Å². The molecule has 1 amide bonds. The topological polar surface area (TPSA) is 81.1 Å². The summed E-state index contributed by atoms with van der Waals surface area (Å²) in [5, 5.41) is 7.31. The highest BCUT2D eigenvalue weighted by Gasteiger charge is 2.32. The number of aromatic nitrogens is 2. The molecule has 0 atom stereocenters. The Morgan fingerprint density at radius 2 is 1.47 bits per heavy atom. The van der Waals surface area contributed by atoms with Gasteiger partial charge in [0.2, 0.25) is 0 Å². The zero-order valence-corrected chi connectivity index (χ0v) is 17.7. The average Bonchev–Trinajstić information content (AvgIpc) is 3.11. The summed E-state index contributed by atoms with van der Waals surface area (Å²) in [5.74, 6) is -1.08. The largest absolute Gasteiger partial charge is 0.321 e. The molecule has 1 N–H and O–H groups in total. The van der Waals surface area contributed by atoms with Gasteiger partial charge in [-0.25, -0.2) is 4.68 Å². The van der Waals surface area contributed by atoms with Crippen molar-refractivity contribution in [2.75, 3.05) is 5.32 Å². The molecule has 0 saturated heterocycles. The molecule has 1 aliphatic carbocycles. The van der Waals surface area contributed by atoms with Gasteiger partial charge < -0.3 is 5.32 Å². The molecule has 0 spiro atoms. The number of carbonyl (C=O) groups is 3. The van der Waals surface area contributed by atoms with E-state index in [-0.39, 0.29) is 39.1 Å². The van der Waals surface area contributed by atoms with E-state index in [0.717, 1.165) is 0 Å². The first-order valence-corrected chi connectivity index (χ1v) is 10.3. The van der Waals surface area contributed by atoms with Crippen LogP contribution >= 0.6 is 11.6 Å². The van der Waals surface area contributed by atoms with Crippen molar-refractivity contribution < 1.29 is 14.4 Å². The van der Waals surface area contributed by atoms with Crippen molar-refractivity contribution in [1.82, 2.24) is 9.78 Å². The Kier molecular flexibility index (Phi) is 4.72. The monoisotopic (exact) mass is 441 g/mol. The van der Waals surface area contributed by atoms with Gasteiger partial charge in [-0.15, -0.1) is 0 Å². The number of halogens is 1. The van der Waals surface area contributed by atoms with Crippen LogP contribution in [0.1, 0.15) is 47.9 Å². The number of anilines is 1. The third-order valence-electron chi connectivity index (χ3n) is 5.43. The van der Waals surface area contributed by atoms with Gasteiger partial charge in [0.1, 0.15) is 10.7 Å². The second-order valence-corrected chi connectivity index (χ2v) is 7.74. The van der Waals surface area contributed by atoms with E-state index in [1.54, 1.807) is 49.4 Å². The number of hydrogen-bond donors (Lipinski definition) is 1. The Balaban J connectivity index is 1.55. The van der Waals surface area contributed by atoms with E-state index in [0.29, 0.717) is 22.5 Å². The first-order valence-electron chi connectivity index (χ1n) is 9.90. The van der Waals surface area contributed by atoms with Crippen LogP contribution in [-0.4, -0.2) is 27.3 Å². The smallest absolute Gasteiger partial charge is 0.260 e. The number of aryl methyl sites for hydroxylation is 1. The molecule has 0 aliphatic heterocycles. The zero-order valence-electron chi connectivity index (χ0n) is 16.9. The maximum atomic E-state index is 13.2. The van der Waals surface area contributed by atoms with Gasteiger partial charge in [0.05, 0.1) is 22.6 Å². The van der Waals surface area contributed by atoms with E-state index < -0.39 is 5.91 Å². The lowest BCUT2D eigenvalue weighted by molar-refractivity contribution is 0.0978. The maximum Gasteiger partial charge on any atom is 0.260 e. The summed E-state index contributed by atoms with van der Waals surface area (Å²) in [5.41, 5.74) is 2.71. The van der Waals surface area contributed by atoms with E-state index >= 15 is 0 Å². The van der Waals surface area contributed by atoms with Crippen molar-refractivity contribution in [1.29, 1.82) is 0 Å². The number of fused-ring (bicyclic) bond motifs is 2. The molecule has 0 radical (unpaired) electrons. The quantitative estimate of drug-likeness (QED) is 0.433. The van der Waals surface area contributed by atoms with Gasteiger partial charge in [-0.05, 0) is 25.1 Å². The zero-order chi connectivity index (χ0) is 22.4. The lowest BCUT2D eigenvalue weighted by atomic mass is 9.83. The number of benzene rings is 3. The molecule has 4 aromatic rings. The van der Waals surface area contributed by atoms with Crippen LogP contribution in [0.25, 0.3) is 5.69 Å². The number of hydrogen-bond acceptors (Lipinski definition) is 4. The van der Waals surface area contributed by atoms with Gasteiger partial charge in [0, 0.05) is 16.7 Å². The van der Waals surface area contributed by atoms with Crippen molar-refractivity contribution in [3.63, 3.8) is 0 Å². The van der Waals surface area contributed by atoms with E-state index in [2.05, 4.69) is 10.4 Å². The van der Waals surface area contributed by atoms with Crippen molar-refractivity contribution in [2.45, 2.75) is 6.92 Å². The first-order chi connectivity index (χ1) is 15.5. The molecule has 0 saturated carbocycles. The molecule has 0 fully saturated rings. The van der Waals surface area contributed by atoms with Crippen LogP contribution in [0.3, 0.4) is 0 Å². The highest BCUT2D eigenvalue weighted by atomic mass is 35.5. The maximum absolute atomic E-state index is 13.2. The third-order valence-corrected chi connectivity index (χ3v) is 5.78. The van der Waals surface area contributed by atoms with Crippen molar-refractivity contribution in [2.24, 2.45) is 0 Å². The van der Waals surface area contributed by atoms with Crippen LogP contribution in [0.5, 0.6) is 0 Å². The van der Waals surface area contributed by atoms with E-state index in [9.17, 15) is 14.4 Å². The molecular weight excluding hydrogens is 426 g/mol. The Morgan fingerprint density at radius 3 is 2.19 bits per heavy atom. The summed E-state index contributed by atoms with van der Waals surface area (Å²) < 4.78 is 1.48. The predicted octanol–water partition coefficient (Wildman–Crippen LogP) is 4.86. The number of ketones is 2. The fraction of sp³-hybridized carbons (Fsp3) is 0.0400. The molecule has 7 heteroatoms. The summed E-state index contributed by atoms with van der Waals surface area (Å²) in [7, 11) is 0. The standard InChI is InChI=1S/C25H16ClN3O3/c1-14-20(24(26)29(28-14)15-8-3-2-4-9-15)25(32)27-19-13-7-12-18-21(19)23(31)17-11-6-5-10-16(17)22(18)30/h2-13H,1H3,(H,27,32). The van der Waals surface area contributed by atoms with Gasteiger partial charge in [-0.3, -0.25) is 14.4 Å². The van der Waals surface area contributed by atoms with Gasteiger partial charge in [0.15, 0.2) is 11.6 Å². The fourth-order valence-corrected chi connectivity index (χ4v) is 4.29. The molecular formula is C25H16ClN3O3. The summed E-state index contributed by atoms with van der Waals surface area (Å²) in [6.07, 6.45) is 0. The first kappa shape index (κ1) is 19.9. The molecule has 32 heavy (non-hydrogen) atoms. The second kappa shape index (κ2) is 7.59. The molecule has 1 aliphatic rings. The molecule has 156 valence electrons. The third kappa shape index (κ3) is 3.04. The predicted molar refractivity (Wildman–Crippen MR) is 121 cm³/mol.